The lowest BCUT2D eigenvalue weighted by atomic mass is 10.1. The molecule has 16 heavy (non-hydrogen) atoms. The van der Waals surface area contributed by atoms with E-state index in [1.165, 1.54) is 0 Å². The van der Waals surface area contributed by atoms with Crippen molar-refractivity contribution in [1.82, 2.24) is 15.5 Å². The van der Waals surface area contributed by atoms with E-state index in [0.29, 0.717) is 12.8 Å². The predicted octanol–water partition coefficient (Wildman–Crippen LogP) is -1.25. The van der Waals surface area contributed by atoms with Crippen molar-refractivity contribution >= 4 is 17.8 Å². The summed E-state index contributed by atoms with van der Waals surface area (Å²) in [5, 5.41) is 12.3. The fourth-order valence-electron chi connectivity index (χ4n) is 1.37. The van der Waals surface area contributed by atoms with Crippen LogP contribution in [0.5, 0.6) is 0 Å². The van der Waals surface area contributed by atoms with Crippen molar-refractivity contribution in [3.05, 3.63) is 5.89 Å². The number of imide groups is 1. The Morgan fingerprint density at radius 2 is 2.31 bits per heavy atom. The lowest BCUT2D eigenvalue weighted by molar-refractivity contribution is -0.133. The highest BCUT2D eigenvalue weighted by molar-refractivity contribution is 6.01. The molecule has 1 aromatic heterocycles. The van der Waals surface area contributed by atoms with Crippen LogP contribution in [-0.2, 0) is 16.1 Å². The van der Waals surface area contributed by atoms with Gasteiger partial charge in [-0.1, -0.05) is 5.10 Å². The number of hydrogen-bond acceptors (Lipinski definition) is 7. The first-order valence-electron chi connectivity index (χ1n) is 4.81. The molecule has 4 N–H and O–H groups in total. The molecule has 0 saturated carbocycles. The van der Waals surface area contributed by atoms with Crippen molar-refractivity contribution in [2.75, 3.05) is 5.32 Å². The van der Waals surface area contributed by atoms with Crippen LogP contribution in [0.25, 0.3) is 0 Å². The van der Waals surface area contributed by atoms with E-state index in [-0.39, 0.29) is 30.3 Å². The van der Waals surface area contributed by atoms with Crippen LogP contribution in [0.15, 0.2) is 4.42 Å². The van der Waals surface area contributed by atoms with Crippen LogP contribution < -0.4 is 16.4 Å². The normalized spacial score (nSPS) is 20.7. The van der Waals surface area contributed by atoms with Crippen molar-refractivity contribution in [3.8, 4) is 0 Å². The molecule has 2 amide bonds. The van der Waals surface area contributed by atoms with Gasteiger partial charge >= 0.3 is 6.01 Å². The van der Waals surface area contributed by atoms with E-state index in [0.717, 1.165) is 0 Å². The van der Waals surface area contributed by atoms with Gasteiger partial charge in [0.15, 0.2) is 0 Å². The molecule has 0 radical (unpaired) electrons. The third kappa shape index (κ3) is 2.16. The molecular formula is C8H11N5O3. The van der Waals surface area contributed by atoms with Crippen LogP contribution in [0.1, 0.15) is 18.7 Å². The van der Waals surface area contributed by atoms with Gasteiger partial charge in [0.25, 0.3) is 0 Å². The lowest BCUT2D eigenvalue weighted by Gasteiger charge is -2.20. The number of hydrogen-bond donors (Lipinski definition) is 3. The van der Waals surface area contributed by atoms with Gasteiger partial charge in [-0.3, -0.25) is 14.9 Å². The molecule has 2 heterocycles. The van der Waals surface area contributed by atoms with Crippen LogP contribution in [0, 0.1) is 0 Å². The van der Waals surface area contributed by atoms with Gasteiger partial charge in [0.1, 0.15) is 6.04 Å². The van der Waals surface area contributed by atoms with Gasteiger partial charge < -0.3 is 15.5 Å². The Balaban J connectivity index is 1.99. The minimum Gasteiger partial charge on any atom is -0.407 e. The molecule has 0 bridgehead atoms. The molecular weight excluding hydrogens is 214 g/mol. The van der Waals surface area contributed by atoms with Gasteiger partial charge in [-0.15, -0.1) is 5.10 Å². The number of carbonyl (C=O) groups is 2. The topological polar surface area (TPSA) is 123 Å². The first-order valence-corrected chi connectivity index (χ1v) is 4.81. The highest BCUT2D eigenvalue weighted by Gasteiger charge is 2.27. The molecule has 1 aromatic rings. The molecule has 8 nitrogen and oxygen atoms in total. The fraction of sp³-hybridized carbons (Fsp3) is 0.500. The maximum absolute atomic E-state index is 11.4. The van der Waals surface area contributed by atoms with Crippen molar-refractivity contribution in [2.45, 2.75) is 25.4 Å². The highest BCUT2D eigenvalue weighted by Crippen LogP contribution is 2.12. The molecule has 1 aliphatic rings. The molecule has 86 valence electrons. The summed E-state index contributed by atoms with van der Waals surface area (Å²) in [4.78, 5) is 22.3. The number of anilines is 1. The van der Waals surface area contributed by atoms with Gasteiger partial charge in [0.05, 0.1) is 6.54 Å². The molecule has 2 rings (SSSR count). The van der Waals surface area contributed by atoms with Gasteiger partial charge in [0, 0.05) is 6.42 Å². The van der Waals surface area contributed by atoms with Gasteiger partial charge in [0.2, 0.25) is 17.7 Å². The third-order valence-corrected chi connectivity index (χ3v) is 2.18. The average Bonchev–Trinajstić information content (AvgIpc) is 2.70. The molecule has 1 unspecified atom stereocenters. The maximum atomic E-state index is 11.4. The summed E-state index contributed by atoms with van der Waals surface area (Å²) in [6.45, 7) is 0.143. The highest BCUT2D eigenvalue weighted by atomic mass is 16.4. The number of carbonyl (C=O) groups excluding carboxylic acids is 2. The molecule has 1 saturated heterocycles. The van der Waals surface area contributed by atoms with Crippen LogP contribution >= 0.6 is 0 Å². The predicted molar refractivity (Wildman–Crippen MR) is 52.0 cm³/mol. The SMILES string of the molecule is NCc1nnc(NC2CCC(=O)NC2=O)o1. The summed E-state index contributed by atoms with van der Waals surface area (Å²) in [5.41, 5.74) is 5.29. The molecule has 1 aliphatic heterocycles. The summed E-state index contributed by atoms with van der Waals surface area (Å²) in [6.07, 6.45) is 0.701. The molecule has 1 atom stereocenters. The van der Waals surface area contributed by atoms with E-state index < -0.39 is 6.04 Å². The quantitative estimate of drug-likeness (QED) is 0.549. The van der Waals surface area contributed by atoms with E-state index >= 15 is 0 Å². The van der Waals surface area contributed by atoms with Crippen LogP contribution in [0.4, 0.5) is 6.01 Å². The Morgan fingerprint density at radius 1 is 1.50 bits per heavy atom. The summed E-state index contributed by atoms with van der Waals surface area (Å²) in [5.74, 6) is -0.366. The minimum absolute atomic E-state index is 0.134. The van der Waals surface area contributed by atoms with Gasteiger partial charge in [-0.2, -0.15) is 0 Å². The van der Waals surface area contributed by atoms with Crippen LogP contribution in [-0.4, -0.2) is 28.1 Å². The number of aromatic nitrogens is 2. The number of piperidine rings is 1. The Bertz CT molecular complexity index is 416. The van der Waals surface area contributed by atoms with Crippen molar-refractivity contribution in [3.63, 3.8) is 0 Å². The second-order valence-corrected chi connectivity index (χ2v) is 3.35. The first kappa shape index (κ1) is 10.6. The number of nitrogens with zero attached hydrogens (tertiary/aromatic N) is 2. The van der Waals surface area contributed by atoms with Crippen LogP contribution in [0.3, 0.4) is 0 Å². The number of rotatable bonds is 3. The second kappa shape index (κ2) is 4.27. The fourth-order valence-corrected chi connectivity index (χ4v) is 1.37. The second-order valence-electron chi connectivity index (χ2n) is 3.35. The molecule has 1 fully saturated rings. The Labute approximate surface area is 90.6 Å². The summed E-state index contributed by atoms with van der Waals surface area (Å²) in [6, 6.07) is -0.390. The number of nitrogens with one attached hydrogen (secondary N) is 2. The van der Waals surface area contributed by atoms with E-state index in [2.05, 4.69) is 20.8 Å². The molecule has 0 aliphatic carbocycles. The third-order valence-electron chi connectivity index (χ3n) is 2.18. The number of amides is 2. The lowest BCUT2D eigenvalue weighted by Crippen LogP contribution is -2.47. The van der Waals surface area contributed by atoms with Crippen molar-refractivity contribution in [2.24, 2.45) is 5.73 Å². The van der Waals surface area contributed by atoms with Crippen molar-refractivity contribution < 1.29 is 14.0 Å². The van der Waals surface area contributed by atoms with E-state index in [1.54, 1.807) is 0 Å². The van der Waals surface area contributed by atoms with E-state index in [4.69, 9.17) is 10.2 Å². The zero-order valence-corrected chi connectivity index (χ0v) is 8.40. The van der Waals surface area contributed by atoms with E-state index in [1.807, 2.05) is 0 Å². The van der Waals surface area contributed by atoms with Gasteiger partial charge in [-0.05, 0) is 6.42 Å². The Morgan fingerprint density at radius 3 is 2.94 bits per heavy atom. The number of nitrogens with two attached hydrogens (primary N) is 1. The molecule has 0 aromatic carbocycles. The summed E-state index contributed by atoms with van der Waals surface area (Å²) < 4.78 is 5.09. The van der Waals surface area contributed by atoms with Crippen molar-refractivity contribution in [1.29, 1.82) is 0 Å². The molecule has 0 spiro atoms. The largest absolute Gasteiger partial charge is 0.407 e. The first-order chi connectivity index (χ1) is 7.69. The van der Waals surface area contributed by atoms with E-state index in [9.17, 15) is 9.59 Å². The summed E-state index contributed by atoms with van der Waals surface area (Å²) >= 11 is 0. The Kier molecular flexibility index (Phi) is 2.82. The smallest absolute Gasteiger partial charge is 0.316 e. The van der Waals surface area contributed by atoms with Gasteiger partial charge in [-0.25, -0.2) is 0 Å². The zero-order valence-electron chi connectivity index (χ0n) is 8.40. The molecule has 8 heteroatoms. The Hall–Kier alpha value is -1.96. The average molecular weight is 225 g/mol. The standard InChI is InChI=1S/C8H11N5O3/c9-3-6-12-13-8(16-6)10-4-1-2-5(14)11-7(4)15/h4H,1-3,9H2,(H,10,13)(H,11,14,15). The monoisotopic (exact) mass is 225 g/mol. The summed E-state index contributed by atoms with van der Waals surface area (Å²) in [7, 11) is 0. The zero-order chi connectivity index (χ0) is 11.5. The maximum Gasteiger partial charge on any atom is 0.316 e. The minimum atomic E-state index is -0.524. The van der Waals surface area contributed by atoms with Crippen LogP contribution in [0.2, 0.25) is 0 Å².